The molecule has 1 aromatic heterocycles. The fraction of sp³-hybridized carbons (Fsp3) is 0.143. The molecule has 0 aliphatic carbocycles. The third-order valence-corrected chi connectivity index (χ3v) is 3.49. The number of hydrogen-bond acceptors (Lipinski definition) is 2. The molecule has 19 heavy (non-hydrogen) atoms. The highest BCUT2D eigenvalue weighted by atomic mass is 79.9. The quantitative estimate of drug-likeness (QED) is 0.883. The Morgan fingerprint density at radius 1 is 1.32 bits per heavy atom. The molecule has 0 aliphatic rings. The molecule has 0 spiro atoms. The summed E-state index contributed by atoms with van der Waals surface area (Å²) in [5.41, 5.74) is 2.87. The van der Waals surface area contributed by atoms with E-state index in [1.165, 1.54) is 6.20 Å². The highest BCUT2D eigenvalue weighted by Gasteiger charge is 2.12. The summed E-state index contributed by atoms with van der Waals surface area (Å²) in [4.78, 5) is 16.2. The van der Waals surface area contributed by atoms with E-state index >= 15 is 0 Å². The van der Waals surface area contributed by atoms with Crippen molar-refractivity contribution in [2.45, 2.75) is 13.8 Å². The largest absolute Gasteiger partial charge is 0.322 e. The van der Waals surface area contributed by atoms with Crippen molar-refractivity contribution in [2.75, 3.05) is 5.32 Å². The number of halogens is 2. The molecule has 0 radical (unpaired) electrons. The van der Waals surface area contributed by atoms with Crippen molar-refractivity contribution in [1.82, 2.24) is 4.98 Å². The number of aromatic nitrogens is 1. The molecule has 0 atom stereocenters. The van der Waals surface area contributed by atoms with Crippen molar-refractivity contribution in [3.8, 4) is 0 Å². The highest BCUT2D eigenvalue weighted by Crippen LogP contribution is 2.23. The maximum absolute atomic E-state index is 12.2. The number of rotatable bonds is 2. The zero-order valence-electron chi connectivity index (χ0n) is 10.5. The average molecular weight is 340 g/mol. The van der Waals surface area contributed by atoms with E-state index < -0.39 is 0 Å². The average Bonchev–Trinajstić information content (AvgIpc) is 2.33. The van der Waals surface area contributed by atoms with Crippen LogP contribution in [-0.2, 0) is 0 Å². The summed E-state index contributed by atoms with van der Waals surface area (Å²) in [7, 11) is 0. The molecule has 0 saturated carbocycles. The predicted octanol–water partition coefficient (Wildman–Crippen LogP) is 4.37. The van der Waals surface area contributed by atoms with Gasteiger partial charge in [-0.1, -0.05) is 33.6 Å². The number of carbonyl (C=O) groups is 1. The molecule has 98 valence electrons. The molecule has 1 N–H and O–H groups in total. The van der Waals surface area contributed by atoms with Gasteiger partial charge >= 0.3 is 0 Å². The van der Waals surface area contributed by atoms with Crippen LogP contribution >= 0.6 is 27.5 Å². The number of pyridine rings is 1. The van der Waals surface area contributed by atoms with E-state index in [9.17, 15) is 4.79 Å². The Balaban J connectivity index is 2.28. The molecule has 5 heteroatoms. The van der Waals surface area contributed by atoms with E-state index in [2.05, 4.69) is 26.2 Å². The van der Waals surface area contributed by atoms with E-state index in [0.29, 0.717) is 10.6 Å². The first-order valence-corrected chi connectivity index (χ1v) is 6.84. The van der Waals surface area contributed by atoms with Crippen LogP contribution in [0.4, 0.5) is 5.69 Å². The van der Waals surface area contributed by atoms with E-state index in [-0.39, 0.29) is 5.91 Å². The lowest BCUT2D eigenvalue weighted by Gasteiger charge is -2.10. The first-order chi connectivity index (χ1) is 8.97. The SMILES string of the molecule is Cc1cc(Cl)c(C(=O)Nc2cc(Br)ccc2C)cn1. The Bertz CT molecular complexity index is 643. The van der Waals surface area contributed by atoms with E-state index in [4.69, 9.17) is 11.6 Å². The molecule has 1 amide bonds. The third-order valence-electron chi connectivity index (χ3n) is 2.68. The molecule has 1 aromatic carbocycles. The lowest BCUT2D eigenvalue weighted by Crippen LogP contribution is -2.14. The standard InChI is InChI=1S/C14H12BrClN2O/c1-8-3-4-10(15)6-13(8)18-14(19)11-7-17-9(2)5-12(11)16/h3-7H,1-2H3,(H,18,19). The predicted molar refractivity (Wildman–Crippen MR) is 80.8 cm³/mol. The summed E-state index contributed by atoms with van der Waals surface area (Å²) in [6.07, 6.45) is 1.49. The first-order valence-electron chi connectivity index (χ1n) is 5.67. The van der Waals surface area contributed by atoms with Gasteiger partial charge in [-0.3, -0.25) is 9.78 Å². The highest BCUT2D eigenvalue weighted by molar-refractivity contribution is 9.10. The zero-order chi connectivity index (χ0) is 14.0. The molecule has 0 saturated heterocycles. The summed E-state index contributed by atoms with van der Waals surface area (Å²) in [5, 5.41) is 3.23. The Labute approximate surface area is 125 Å². The van der Waals surface area contributed by atoms with Gasteiger partial charge in [0.05, 0.1) is 10.6 Å². The number of carbonyl (C=O) groups excluding carboxylic acids is 1. The fourth-order valence-corrected chi connectivity index (χ4v) is 2.27. The Morgan fingerprint density at radius 3 is 2.74 bits per heavy atom. The van der Waals surface area contributed by atoms with E-state index in [0.717, 1.165) is 21.4 Å². The van der Waals surface area contributed by atoms with Crippen LogP contribution in [0.15, 0.2) is 34.9 Å². The Morgan fingerprint density at radius 2 is 2.05 bits per heavy atom. The van der Waals surface area contributed by atoms with Gasteiger partial charge in [0.15, 0.2) is 0 Å². The molecule has 0 aliphatic heterocycles. The summed E-state index contributed by atoms with van der Waals surface area (Å²) in [6, 6.07) is 7.37. The number of hydrogen-bond donors (Lipinski definition) is 1. The molecule has 1 heterocycles. The van der Waals surface area contributed by atoms with Gasteiger partial charge in [0, 0.05) is 22.1 Å². The van der Waals surface area contributed by atoms with E-state index in [1.807, 2.05) is 32.0 Å². The van der Waals surface area contributed by atoms with E-state index in [1.54, 1.807) is 6.07 Å². The second kappa shape index (κ2) is 5.72. The molecule has 2 rings (SSSR count). The van der Waals surface area contributed by atoms with Crippen molar-refractivity contribution in [2.24, 2.45) is 0 Å². The molecule has 0 unspecified atom stereocenters. The zero-order valence-corrected chi connectivity index (χ0v) is 12.8. The summed E-state index contributed by atoms with van der Waals surface area (Å²) in [6.45, 7) is 3.75. The van der Waals surface area contributed by atoms with Crippen LogP contribution < -0.4 is 5.32 Å². The topological polar surface area (TPSA) is 42.0 Å². The van der Waals surface area contributed by atoms with Crippen molar-refractivity contribution >= 4 is 39.1 Å². The molecule has 3 nitrogen and oxygen atoms in total. The van der Waals surface area contributed by atoms with Gasteiger partial charge in [0.25, 0.3) is 5.91 Å². The fourth-order valence-electron chi connectivity index (χ4n) is 1.61. The number of nitrogens with one attached hydrogen (secondary N) is 1. The summed E-state index contributed by atoms with van der Waals surface area (Å²) >= 11 is 9.43. The Kier molecular flexibility index (Phi) is 4.22. The normalized spacial score (nSPS) is 10.3. The van der Waals surface area contributed by atoms with Crippen molar-refractivity contribution < 1.29 is 4.79 Å². The van der Waals surface area contributed by atoms with Gasteiger partial charge in [0.2, 0.25) is 0 Å². The smallest absolute Gasteiger partial charge is 0.258 e. The number of aryl methyl sites for hydroxylation is 2. The second-order valence-corrected chi connectivity index (χ2v) is 5.54. The van der Waals surface area contributed by atoms with Gasteiger partial charge in [-0.05, 0) is 37.6 Å². The van der Waals surface area contributed by atoms with Crippen LogP contribution in [0.3, 0.4) is 0 Å². The third kappa shape index (κ3) is 3.33. The maximum atomic E-state index is 12.2. The number of anilines is 1. The van der Waals surface area contributed by atoms with Crippen molar-refractivity contribution in [3.63, 3.8) is 0 Å². The summed E-state index contributed by atoms with van der Waals surface area (Å²) in [5.74, 6) is -0.265. The number of benzene rings is 1. The molecule has 2 aromatic rings. The molecule has 0 bridgehead atoms. The minimum Gasteiger partial charge on any atom is -0.322 e. The van der Waals surface area contributed by atoms with Gasteiger partial charge in [0.1, 0.15) is 0 Å². The number of nitrogens with zero attached hydrogens (tertiary/aromatic N) is 1. The van der Waals surface area contributed by atoms with Crippen molar-refractivity contribution in [3.05, 3.63) is 56.8 Å². The molecular formula is C14H12BrClN2O. The van der Waals surface area contributed by atoms with Crippen LogP contribution in [0.5, 0.6) is 0 Å². The lowest BCUT2D eigenvalue weighted by atomic mass is 10.2. The first kappa shape index (κ1) is 14.0. The van der Waals surface area contributed by atoms with Gasteiger partial charge < -0.3 is 5.32 Å². The summed E-state index contributed by atoms with van der Waals surface area (Å²) < 4.78 is 0.904. The van der Waals surface area contributed by atoms with Crippen LogP contribution in [-0.4, -0.2) is 10.9 Å². The lowest BCUT2D eigenvalue weighted by molar-refractivity contribution is 0.102. The number of amides is 1. The minimum atomic E-state index is -0.265. The van der Waals surface area contributed by atoms with Gasteiger partial charge in [-0.25, -0.2) is 0 Å². The molecular weight excluding hydrogens is 328 g/mol. The Hall–Kier alpha value is -1.39. The monoisotopic (exact) mass is 338 g/mol. The van der Waals surface area contributed by atoms with Crippen molar-refractivity contribution in [1.29, 1.82) is 0 Å². The minimum absolute atomic E-state index is 0.265. The van der Waals surface area contributed by atoms with Gasteiger partial charge in [-0.15, -0.1) is 0 Å². The van der Waals surface area contributed by atoms with Crippen LogP contribution in [0.2, 0.25) is 5.02 Å². The van der Waals surface area contributed by atoms with Crippen LogP contribution in [0.1, 0.15) is 21.6 Å². The van der Waals surface area contributed by atoms with Crippen LogP contribution in [0.25, 0.3) is 0 Å². The van der Waals surface area contributed by atoms with Crippen LogP contribution in [0, 0.1) is 13.8 Å². The molecule has 0 fully saturated rings. The van der Waals surface area contributed by atoms with Gasteiger partial charge in [-0.2, -0.15) is 0 Å². The maximum Gasteiger partial charge on any atom is 0.258 e. The second-order valence-electron chi connectivity index (χ2n) is 4.22.